The Morgan fingerprint density at radius 2 is 2.12 bits per heavy atom. The molecule has 0 aromatic carbocycles. The van der Waals surface area contributed by atoms with Crippen LogP contribution >= 0.6 is 0 Å². The highest BCUT2D eigenvalue weighted by Gasteiger charge is 2.13. The molecule has 1 aromatic rings. The molecule has 5 heteroatoms. The third-order valence-corrected chi connectivity index (χ3v) is 2.83. The van der Waals surface area contributed by atoms with Crippen molar-refractivity contribution in [1.29, 1.82) is 0 Å². The van der Waals surface area contributed by atoms with E-state index in [9.17, 15) is 4.79 Å². The van der Waals surface area contributed by atoms with Gasteiger partial charge in [0.05, 0.1) is 12.1 Å². The van der Waals surface area contributed by atoms with Crippen molar-refractivity contribution in [1.82, 2.24) is 9.78 Å². The SMILES string of the molecule is COCCCCn1nc(C)c(CC(=O)O)c1C. The molecule has 0 amide bonds. The van der Waals surface area contributed by atoms with Crippen LogP contribution in [0.25, 0.3) is 0 Å². The lowest BCUT2D eigenvalue weighted by Gasteiger charge is -2.04. The van der Waals surface area contributed by atoms with E-state index in [1.54, 1.807) is 7.11 Å². The smallest absolute Gasteiger partial charge is 0.307 e. The molecular weight excluding hydrogens is 220 g/mol. The Hall–Kier alpha value is -1.36. The fourth-order valence-corrected chi connectivity index (χ4v) is 1.87. The molecule has 0 spiro atoms. The number of nitrogens with zero attached hydrogens (tertiary/aromatic N) is 2. The number of carboxylic acid groups (broad SMARTS) is 1. The van der Waals surface area contributed by atoms with Crippen molar-refractivity contribution in [3.63, 3.8) is 0 Å². The lowest BCUT2D eigenvalue weighted by molar-refractivity contribution is -0.136. The van der Waals surface area contributed by atoms with Gasteiger partial charge in [-0.2, -0.15) is 5.10 Å². The van der Waals surface area contributed by atoms with Crippen molar-refractivity contribution in [2.75, 3.05) is 13.7 Å². The standard InChI is InChI=1S/C12H20N2O3/c1-9-11(8-12(15)16)10(2)14(13-9)6-4-5-7-17-3/h4-8H2,1-3H3,(H,15,16). The summed E-state index contributed by atoms with van der Waals surface area (Å²) in [6.07, 6.45) is 2.03. The van der Waals surface area contributed by atoms with Gasteiger partial charge >= 0.3 is 5.97 Å². The van der Waals surface area contributed by atoms with Gasteiger partial charge in [0.2, 0.25) is 0 Å². The highest BCUT2D eigenvalue weighted by atomic mass is 16.5. The van der Waals surface area contributed by atoms with Gasteiger partial charge in [-0.15, -0.1) is 0 Å². The van der Waals surface area contributed by atoms with Crippen LogP contribution in [0.5, 0.6) is 0 Å². The molecule has 1 heterocycles. The molecule has 1 N–H and O–H groups in total. The quantitative estimate of drug-likeness (QED) is 0.734. The summed E-state index contributed by atoms with van der Waals surface area (Å²) < 4.78 is 6.88. The van der Waals surface area contributed by atoms with E-state index in [4.69, 9.17) is 9.84 Å². The first kappa shape index (κ1) is 13.7. The van der Waals surface area contributed by atoms with E-state index in [1.807, 2.05) is 18.5 Å². The summed E-state index contributed by atoms with van der Waals surface area (Å²) in [6, 6.07) is 0. The van der Waals surface area contributed by atoms with Crippen molar-refractivity contribution in [2.45, 2.75) is 39.7 Å². The van der Waals surface area contributed by atoms with Crippen LogP contribution in [0.15, 0.2) is 0 Å². The van der Waals surface area contributed by atoms with Crippen molar-refractivity contribution in [2.24, 2.45) is 0 Å². The largest absolute Gasteiger partial charge is 0.481 e. The molecule has 5 nitrogen and oxygen atoms in total. The van der Waals surface area contributed by atoms with E-state index in [0.717, 1.165) is 42.9 Å². The predicted molar refractivity (Wildman–Crippen MR) is 64.2 cm³/mol. The fraction of sp³-hybridized carbons (Fsp3) is 0.667. The molecule has 96 valence electrons. The normalized spacial score (nSPS) is 10.8. The zero-order valence-corrected chi connectivity index (χ0v) is 10.7. The van der Waals surface area contributed by atoms with Crippen LogP contribution in [0.2, 0.25) is 0 Å². The number of methoxy groups -OCH3 is 1. The van der Waals surface area contributed by atoms with Crippen LogP contribution in [0.1, 0.15) is 29.8 Å². The third-order valence-electron chi connectivity index (χ3n) is 2.83. The van der Waals surface area contributed by atoms with Crippen LogP contribution in [0.3, 0.4) is 0 Å². The third kappa shape index (κ3) is 3.85. The number of rotatable bonds is 7. The molecule has 0 unspecified atom stereocenters. The number of carboxylic acids is 1. The summed E-state index contributed by atoms with van der Waals surface area (Å²) in [4.78, 5) is 10.7. The van der Waals surface area contributed by atoms with Crippen molar-refractivity contribution >= 4 is 5.97 Å². The Morgan fingerprint density at radius 3 is 2.71 bits per heavy atom. The zero-order valence-electron chi connectivity index (χ0n) is 10.7. The number of aliphatic carboxylic acids is 1. The van der Waals surface area contributed by atoms with Crippen LogP contribution in [0.4, 0.5) is 0 Å². The summed E-state index contributed by atoms with van der Waals surface area (Å²) in [7, 11) is 1.69. The van der Waals surface area contributed by atoms with Crippen molar-refractivity contribution < 1.29 is 14.6 Å². The van der Waals surface area contributed by atoms with E-state index in [1.165, 1.54) is 0 Å². The molecular formula is C12H20N2O3. The summed E-state index contributed by atoms with van der Waals surface area (Å²) in [6.45, 7) is 5.35. The van der Waals surface area contributed by atoms with Crippen LogP contribution in [-0.4, -0.2) is 34.6 Å². The molecule has 0 atom stereocenters. The van der Waals surface area contributed by atoms with E-state index in [2.05, 4.69) is 5.10 Å². The summed E-state index contributed by atoms with van der Waals surface area (Å²) in [5, 5.41) is 13.2. The minimum atomic E-state index is -0.810. The lowest BCUT2D eigenvalue weighted by atomic mass is 10.1. The minimum Gasteiger partial charge on any atom is -0.481 e. The molecule has 1 aromatic heterocycles. The topological polar surface area (TPSA) is 64.4 Å². The molecule has 0 fully saturated rings. The Kier molecular flexibility index (Phi) is 5.15. The van der Waals surface area contributed by atoms with Crippen LogP contribution in [-0.2, 0) is 22.5 Å². The molecule has 0 aliphatic heterocycles. The first-order valence-electron chi connectivity index (χ1n) is 5.80. The van der Waals surface area contributed by atoms with Crippen molar-refractivity contribution in [3.8, 4) is 0 Å². The molecule has 0 aliphatic carbocycles. The molecule has 0 aliphatic rings. The van der Waals surface area contributed by atoms with E-state index >= 15 is 0 Å². The van der Waals surface area contributed by atoms with Crippen LogP contribution in [0, 0.1) is 13.8 Å². The fourth-order valence-electron chi connectivity index (χ4n) is 1.87. The minimum absolute atomic E-state index is 0.0513. The Morgan fingerprint density at radius 1 is 1.41 bits per heavy atom. The average Bonchev–Trinajstić information content (AvgIpc) is 2.52. The lowest BCUT2D eigenvalue weighted by Crippen LogP contribution is -2.05. The number of hydrogen-bond acceptors (Lipinski definition) is 3. The van der Waals surface area contributed by atoms with Crippen LogP contribution < -0.4 is 0 Å². The Labute approximate surface area is 101 Å². The van der Waals surface area contributed by atoms with Crippen molar-refractivity contribution in [3.05, 3.63) is 17.0 Å². The zero-order chi connectivity index (χ0) is 12.8. The van der Waals surface area contributed by atoms with Gasteiger partial charge in [0.25, 0.3) is 0 Å². The second kappa shape index (κ2) is 6.39. The highest BCUT2D eigenvalue weighted by Crippen LogP contribution is 2.14. The number of hydrogen-bond donors (Lipinski definition) is 1. The monoisotopic (exact) mass is 240 g/mol. The first-order chi connectivity index (χ1) is 8.06. The average molecular weight is 240 g/mol. The maximum atomic E-state index is 10.7. The molecule has 17 heavy (non-hydrogen) atoms. The number of ether oxygens (including phenoxy) is 1. The second-order valence-corrected chi connectivity index (χ2v) is 4.14. The van der Waals surface area contributed by atoms with Gasteiger partial charge in [0, 0.05) is 31.5 Å². The molecule has 0 saturated heterocycles. The molecule has 0 bridgehead atoms. The van der Waals surface area contributed by atoms with Gasteiger partial charge in [-0.25, -0.2) is 0 Å². The van der Waals surface area contributed by atoms with E-state index in [0.29, 0.717) is 0 Å². The number of carbonyl (C=O) groups is 1. The first-order valence-corrected chi connectivity index (χ1v) is 5.80. The summed E-state index contributed by atoms with van der Waals surface area (Å²) in [5.41, 5.74) is 2.61. The Balaban J connectivity index is 2.64. The van der Waals surface area contributed by atoms with Gasteiger partial charge < -0.3 is 9.84 Å². The number of aryl methyl sites for hydroxylation is 2. The maximum Gasteiger partial charge on any atom is 0.307 e. The van der Waals surface area contributed by atoms with Gasteiger partial charge in [-0.3, -0.25) is 9.48 Å². The molecule has 1 rings (SSSR count). The van der Waals surface area contributed by atoms with Gasteiger partial charge in [-0.1, -0.05) is 0 Å². The second-order valence-electron chi connectivity index (χ2n) is 4.14. The summed E-state index contributed by atoms with van der Waals surface area (Å²) in [5.74, 6) is -0.810. The van der Waals surface area contributed by atoms with E-state index in [-0.39, 0.29) is 6.42 Å². The van der Waals surface area contributed by atoms with Gasteiger partial charge in [0.1, 0.15) is 0 Å². The predicted octanol–water partition coefficient (Wildman–Crippen LogP) is 1.55. The van der Waals surface area contributed by atoms with Gasteiger partial charge in [0.15, 0.2) is 0 Å². The van der Waals surface area contributed by atoms with E-state index < -0.39 is 5.97 Å². The molecule has 0 radical (unpaired) electrons. The number of aromatic nitrogens is 2. The maximum absolute atomic E-state index is 10.7. The molecule has 0 saturated carbocycles. The van der Waals surface area contributed by atoms with Gasteiger partial charge in [-0.05, 0) is 26.7 Å². The summed E-state index contributed by atoms with van der Waals surface area (Å²) >= 11 is 0. The number of unbranched alkanes of at least 4 members (excludes halogenated alkanes) is 1. The highest BCUT2D eigenvalue weighted by molar-refractivity contribution is 5.70. The Bertz CT molecular complexity index is 385.